The molecule has 118 valence electrons. The van der Waals surface area contributed by atoms with Gasteiger partial charge >= 0.3 is 0 Å². The lowest BCUT2D eigenvalue weighted by Gasteiger charge is -2.40. The zero-order chi connectivity index (χ0) is 15.4. The molecular weight excluding hydrogens is 262 g/mol. The molecule has 1 aromatic rings. The summed E-state index contributed by atoms with van der Waals surface area (Å²) in [5.74, 6) is 3.03. The predicted molar refractivity (Wildman–Crippen MR) is 89.2 cm³/mol. The second-order valence-corrected chi connectivity index (χ2v) is 5.74. The zero-order valence-electron chi connectivity index (χ0n) is 14.1. The Balaban J connectivity index is 2.28. The van der Waals surface area contributed by atoms with Gasteiger partial charge in [-0.1, -0.05) is 13.8 Å². The molecule has 1 N–H and O–H groups in total. The van der Waals surface area contributed by atoms with Gasteiger partial charge < -0.3 is 10.2 Å². The number of nitrogens with one attached hydrogen (secondary N) is 1. The normalized spacial score (nSPS) is 19.9. The van der Waals surface area contributed by atoms with Crippen molar-refractivity contribution in [1.29, 1.82) is 0 Å². The molecule has 2 heterocycles. The second-order valence-electron chi connectivity index (χ2n) is 5.74. The standard InChI is InChI=1S/C16H29N5/c1-6-14-18-15(17-7-2)13(5)16(19-14)21-10-9-20(8-3)12(4)11-21/h12H,6-11H2,1-5H3,(H,17,18,19). The molecule has 1 aliphatic rings. The van der Waals surface area contributed by atoms with E-state index < -0.39 is 0 Å². The fraction of sp³-hybridized carbons (Fsp3) is 0.750. The quantitative estimate of drug-likeness (QED) is 0.902. The molecule has 1 unspecified atom stereocenters. The van der Waals surface area contributed by atoms with Crippen molar-refractivity contribution in [3.05, 3.63) is 11.4 Å². The van der Waals surface area contributed by atoms with Gasteiger partial charge in [-0.2, -0.15) is 0 Å². The van der Waals surface area contributed by atoms with Crippen molar-refractivity contribution >= 4 is 11.6 Å². The number of anilines is 2. The minimum Gasteiger partial charge on any atom is -0.370 e. The van der Waals surface area contributed by atoms with Crippen LogP contribution in [0.15, 0.2) is 0 Å². The van der Waals surface area contributed by atoms with Crippen LogP contribution in [-0.2, 0) is 6.42 Å². The minimum atomic E-state index is 0.575. The largest absolute Gasteiger partial charge is 0.370 e. The van der Waals surface area contributed by atoms with E-state index in [0.29, 0.717) is 6.04 Å². The van der Waals surface area contributed by atoms with Crippen molar-refractivity contribution < 1.29 is 0 Å². The second kappa shape index (κ2) is 7.07. The van der Waals surface area contributed by atoms with Gasteiger partial charge in [-0.25, -0.2) is 9.97 Å². The Bertz CT molecular complexity index is 474. The van der Waals surface area contributed by atoms with Crippen molar-refractivity contribution in [2.45, 2.75) is 47.1 Å². The summed E-state index contributed by atoms with van der Waals surface area (Å²) in [6, 6.07) is 0.575. The monoisotopic (exact) mass is 291 g/mol. The number of hydrogen-bond donors (Lipinski definition) is 1. The molecule has 5 heteroatoms. The highest BCUT2D eigenvalue weighted by molar-refractivity contribution is 5.59. The smallest absolute Gasteiger partial charge is 0.137 e. The summed E-state index contributed by atoms with van der Waals surface area (Å²) in [5, 5.41) is 3.37. The van der Waals surface area contributed by atoms with E-state index in [1.807, 2.05) is 0 Å². The van der Waals surface area contributed by atoms with Gasteiger partial charge in [0.05, 0.1) is 0 Å². The summed E-state index contributed by atoms with van der Waals surface area (Å²) in [4.78, 5) is 14.4. The van der Waals surface area contributed by atoms with Gasteiger partial charge in [0.1, 0.15) is 17.5 Å². The number of nitrogens with zero attached hydrogens (tertiary/aromatic N) is 4. The summed E-state index contributed by atoms with van der Waals surface area (Å²) in [5.41, 5.74) is 1.17. The average molecular weight is 291 g/mol. The number of aromatic nitrogens is 2. The van der Waals surface area contributed by atoms with Gasteiger partial charge in [0.25, 0.3) is 0 Å². The van der Waals surface area contributed by atoms with Crippen LogP contribution in [0.2, 0.25) is 0 Å². The van der Waals surface area contributed by atoms with Crippen molar-refractivity contribution in [2.75, 3.05) is 42.9 Å². The van der Waals surface area contributed by atoms with Crippen LogP contribution in [0.3, 0.4) is 0 Å². The number of piperazine rings is 1. The van der Waals surface area contributed by atoms with E-state index in [4.69, 9.17) is 4.98 Å². The van der Waals surface area contributed by atoms with E-state index >= 15 is 0 Å². The lowest BCUT2D eigenvalue weighted by Crippen LogP contribution is -2.52. The molecule has 1 atom stereocenters. The van der Waals surface area contributed by atoms with Crippen LogP contribution in [0.4, 0.5) is 11.6 Å². The van der Waals surface area contributed by atoms with Crippen LogP contribution < -0.4 is 10.2 Å². The zero-order valence-corrected chi connectivity index (χ0v) is 14.1. The highest BCUT2D eigenvalue weighted by Crippen LogP contribution is 2.26. The first-order valence-corrected chi connectivity index (χ1v) is 8.21. The van der Waals surface area contributed by atoms with Crippen LogP contribution in [0.5, 0.6) is 0 Å². The number of likely N-dealkylation sites (N-methyl/N-ethyl adjacent to an activating group) is 1. The van der Waals surface area contributed by atoms with E-state index in [1.54, 1.807) is 0 Å². The molecule has 21 heavy (non-hydrogen) atoms. The Morgan fingerprint density at radius 1 is 1.19 bits per heavy atom. The molecule has 1 saturated heterocycles. The van der Waals surface area contributed by atoms with E-state index in [-0.39, 0.29) is 0 Å². The van der Waals surface area contributed by atoms with Crippen LogP contribution in [0.25, 0.3) is 0 Å². The Hall–Kier alpha value is -1.36. The molecule has 5 nitrogen and oxygen atoms in total. The van der Waals surface area contributed by atoms with E-state index in [1.165, 1.54) is 5.56 Å². The number of hydrogen-bond acceptors (Lipinski definition) is 5. The third-order valence-electron chi connectivity index (χ3n) is 4.30. The first kappa shape index (κ1) is 16.0. The van der Waals surface area contributed by atoms with Gasteiger partial charge in [-0.3, -0.25) is 4.90 Å². The molecule has 0 aromatic carbocycles. The molecule has 0 bridgehead atoms. The van der Waals surface area contributed by atoms with Gasteiger partial charge in [0.15, 0.2) is 0 Å². The average Bonchev–Trinajstić information content (AvgIpc) is 2.49. The van der Waals surface area contributed by atoms with Crippen LogP contribution in [0, 0.1) is 6.92 Å². The van der Waals surface area contributed by atoms with Crippen molar-refractivity contribution in [1.82, 2.24) is 14.9 Å². The highest BCUT2D eigenvalue weighted by Gasteiger charge is 2.25. The van der Waals surface area contributed by atoms with E-state index in [9.17, 15) is 0 Å². The molecular formula is C16H29N5. The fourth-order valence-corrected chi connectivity index (χ4v) is 3.01. The Morgan fingerprint density at radius 3 is 2.52 bits per heavy atom. The summed E-state index contributed by atoms with van der Waals surface area (Å²) in [6.45, 7) is 16.1. The third-order valence-corrected chi connectivity index (χ3v) is 4.30. The van der Waals surface area contributed by atoms with Crippen LogP contribution in [0.1, 0.15) is 39.1 Å². The van der Waals surface area contributed by atoms with Gasteiger partial charge in [0, 0.05) is 44.2 Å². The Morgan fingerprint density at radius 2 is 1.95 bits per heavy atom. The first-order valence-electron chi connectivity index (χ1n) is 8.21. The van der Waals surface area contributed by atoms with E-state index in [2.05, 4.69) is 54.7 Å². The molecule has 0 saturated carbocycles. The molecule has 0 aliphatic carbocycles. The van der Waals surface area contributed by atoms with Crippen molar-refractivity contribution in [3.8, 4) is 0 Å². The molecule has 2 rings (SSSR count). The maximum atomic E-state index is 4.80. The maximum Gasteiger partial charge on any atom is 0.137 e. The molecule has 1 aliphatic heterocycles. The van der Waals surface area contributed by atoms with Gasteiger partial charge in [0.2, 0.25) is 0 Å². The van der Waals surface area contributed by atoms with Crippen molar-refractivity contribution in [3.63, 3.8) is 0 Å². The molecule has 0 spiro atoms. The summed E-state index contributed by atoms with van der Waals surface area (Å²) in [6.07, 6.45) is 0.871. The Labute approximate surface area is 128 Å². The number of rotatable bonds is 5. The fourth-order valence-electron chi connectivity index (χ4n) is 3.01. The SMILES string of the molecule is CCNc1nc(CC)nc(N2CCN(CC)C(C)C2)c1C. The summed E-state index contributed by atoms with van der Waals surface area (Å²) >= 11 is 0. The summed E-state index contributed by atoms with van der Waals surface area (Å²) in [7, 11) is 0. The van der Waals surface area contributed by atoms with E-state index in [0.717, 1.165) is 56.6 Å². The van der Waals surface area contributed by atoms with Crippen LogP contribution >= 0.6 is 0 Å². The molecule has 1 aromatic heterocycles. The summed E-state index contributed by atoms with van der Waals surface area (Å²) < 4.78 is 0. The lowest BCUT2D eigenvalue weighted by molar-refractivity contribution is 0.199. The highest BCUT2D eigenvalue weighted by atomic mass is 15.3. The molecule has 1 fully saturated rings. The minimum absolute atomic E-state index is 0.575. The maximum absolute atomic E-state index is 4.80. The Kier molecular flexibility index (Phi) is 5.39. The predicted octanol–water partition coefficient (Wildman–Crippen LogP) is 2.31. The van der Waals surface area contributed by atoms with Crippen LogP contribution in [-0.4, -0.2) is 53.6 Å². The topological polar surface area (TPSA) is 44.3 Å². The number of aryl methyl sites for hydroxylation is 1. The van der Waals surface area contributed by atoms with Crippen molar-refractivity contribution in [2.24, 2.45) is 0 Å². The first-order chi connectivity index (χ1) is 10.1. The van der Waals surface area contributed by atoms with Gasteiger partial charge in [-0.05, 0) is 27.3 Å². The van der Waals surface area contributed by atoms with Gasteiger partial charge in [-0.15, -0.1) is 0 Å². The third kappa shape index (κ3) is 3.46. The molecule has 0 amide bonds. The molecule has 0 radical (unpaired) electrons. The lowest BCUT2D eigenvalue weighted by atomic mass is 10.1.